The molecular weight excluding hydrogens is 428 g/mol. The molecule has 0 bridgehead atoms. The highest BCUT2D eigenvalue weighted by Gasteiger charge is 2.41. The van der Waals surface area contributed by atoms with Crippen LogP contribution in [-0.4, -0.2) is 40.6 Å². The van der Waals surface area contributed by atoms with Gasteiger partial charge in [-0.15, -0.1) is 0 Å². The number of benzene rings is 1. The molecule has 0 fully saturated rings. The summed E-state index contributed by atoms with van der Waals surface area (Å²) in [5.41, 5.74) is 1.15. The largest absolute Gasteiger partial charge is 0.310 e. The molecule has 1 aromatic carbocycles. The van der Waals surface area contributed by atoms with Crippen molar-refractivity contribution in [2.24, 2.45) is 0 Å². The third-order valence-electron chi connectivity index (χ3n) is 5.86. The maximum absolute atomic E-state index is 13.1. The van der Waals surface area contributed by atoms with E-state index in [0.29, 0.717) is 35.5 Å². The fraction of sp³-hybridized carbons (Fsp3) is 0.304. The van der Waals surface area contributed by atoms with Crippen LogP contribution in [0.25, 0.3) is 0 Å². The average Bonchev–Trinajstić information content (AvgIpc) is 3.32. The Morgan fingerprint density at radius 3 is 2.59 bits per heavy atom. The van der Waals surface area contributed by atoms with Crippen molar-refractivity contribution in [3.63, 3.8) is 0 Å². The standard InChI is InChI=1S/C23H24N4O4S/c1-3-32(30,31)17-7-5-16(6-8-17)15-21(28)26-20-10-9-18-19(25-20)11-12-23(2,22(18)29)27-14-4-13-24-27/h4-10,13-14H,3,11-12,15H2,1-2H3,(H,25,26,28). The van der Waals surface area contributed by atoms with Gasteiger partial charge in [-0.2, -0.15) is 5.10 Å². The van der Waals surface area contributed by atoms with Crippen LogP contribution in [0.3, 0.4) is 0 Å². The summed E-state index contributed by atoms with van der Waals surface area (Å²) in [5.74, 6) is 0.0943. The fourth-order valence-electron chi connectivity index (χ4n) is 3.87. The summed E-state index contributed by atoms with van der Waals surface area (Å²) in [4.78, 5) is 30.3. The van der Waals surface area contributed by atoms with Crippen molar-refractivity contribution in [1.29, 1.82) is 0 Å². The van der Waals surface area contributed by atoms with Crippen LogP contribution in [0.1, 0.15) is 41.9 Å². The number of fused-ring (bicyclic) bond motifs is 1. The van der Waals surface area contributed by atoms with Crippen LogP contribution in [0.4, 0.5) is 5.82 Å². The van der Waals surface area contributed by atoms with E-state index in [-0.39, 0.29) is 28.8 Å². The Morgan fingerprint density at radius 2 is 1.94 bits per heavy atom. The van der Waals surface area contributed by atoms with Gasteiger partial charge >= 0.3 is 0 Å². The van der Waals surface area contributed by atoms with Crippen molar-refractivity contribution in [3.05, 3.63) is 71.7 Å². The van der Waals surface area contributed by atoms with Gasteiger partial charge in [0, 0.05) is 18.0 Å². The number of Topliss-reactive ketones (excluding diaryl/α,β-unsaturated/α-hetero) is 1. The number of aromatic nitrogens is 3. The maximum atomic E-state index is 13.1. The van der Waals surface area contributed by atoms with Gasteiger partial charge in [-0.1, -0.05) is 19.1 Å². The number of amides is 1. The number of aryl methyl sites for hydroxylation is 1. The Bertz CT molecular complexity index is 1270. The molecule has 2 heterocycles. The molecule has 2 aromatic heterocycles. The molecule has 32 heavy (non-hydrogen) atoms. The van der Waals surface area contributed by atoms with Crippen molar-refractivity contribution in [3.8, 4) is 0 Å². The second-order valence-electron chi connectivity index (χ2n) is 8.02. The zero-order valence-corrected chi connectivity index (χ0v) is 18.7. The second kappa shape index (κ2) is 8.31. The number of anilines is 1. The van der Waals surface area contributed by atoms with Crippen LogP contribution in [0.2, 0.25) is 0 Å². The van der Waals surface area contributed by atoms with Crippen molar-refractivity contribution in [2.75, 3.05) is 11.1 Å². The molecule has 1 N–H and O–H groups in total. The van der Waals surface area contributed by atoms with Gasteiger partial charge in [0.05, 0.1) is 22.8 Å². The normalized spacial score (nSPS) is 18.2. The molecule has 1 amide bonds. The minimum absolute atomic E-state index is 0.0282. The van der Waals surface area contributed by atoms with Crippen LogP contribution in [-0.2, 0) is 33.0 Å². The monoisotopic (exact) mass is 452 g/mol. The Morgan fingerprint density at radius 1 is 1.19 bits per heavy atom. The molecule has 1 atom stereocenters. The van der Waals surface area contributed by atoms with E-state index in [1.807, 2.05) is 6.92 Å². The van der Waals surface area contributed by atoms with Crippen LogP contribution >= 0.6 is 0 Å². The average molecular weight is 453 g/mol. The first-order chi connectivity index (χ1) is 15.2. The number of ketones is 1. The first kappa shape index (κ1) is 21.9. The molecule has 1 aliphatic rings. The molecule has 4 rings (SSSR count). The molecule has 9 heteroatoms. The third kappa shape index (κ3) is 4.08. The van der Waals surface area contributed by atoms with Crippen molar-refractivity contribution >= 4 is 27.3 Å². The molecule has 8 nitrogen and oxygen atoms in total. The lowest BCUT2D eigenvalue weighted by atomic mass is 9.80. The lowest BCUT2D eigenvalue weighted by Crippen LogP contribution is -2.43. The number of nitrogens with one attached hydrogen (secondary N) is 1. The summed E-state index contributed by atoms with van der Waals surface area (Å²) >= 11 is 0. The molecule has 1 aliphatic carbocycles. The Kier molecular flexibility index (Phi) is 5.68. The highest BCUT2D eigenvalue weighted by atomic mass is 32.2. The first-order valence-corrected chi connectivity index (χ1v) is 12.0. The zero-order chi connectivity index (χ0) is 22.9. The molecule has 0 radical (unpaired) electrons. The first-order valence-electron chi connectivity index (χ1n) is 10.4. The lowest BCUT2D eigenvalue weighted by Gasteiger charge is -2.33. The van der Waals surface area contributed by atoms with Gasteiger partial charge in [0.2, 0.25) is 5.91 Å². The summed E-state index contributed by atoms with van der Waals surface area (Å²) in [6.07, 6.45) is 4.68. The Hall–Kier alpha value is -3.33. The minimum Gasteiger partial charge on any atom is -0.310 e. The smallest absolute Gasteiger partial charge is 0.229 e. The van der Waals surface area contributed by atoms with Crippen molar-refractivity contribution < 1.29 is 18.0 Å². The second-order valence-corrected chi connectivity index (χ2v) is 10.3. The molecule has 1 unspecified atom stereocenters. The van der Waals surface area contributed by atoms with Crippen molar-refractivity contribution in [2.45, 2.75) is 43.5 Å². The number of pyridine rings is 1. The summed E-state index contributed by atoms with van der Waals surface area (Å²) in [6, 6.07) is 11.4. The summed E-state index contributed by atoms with van der Waals surface area (Å²) < 4.78 is 25.5. The predicted molar refractivity (Wildman–Crippen MR) is 119 cm³/mol. The Labute approximate surface area is 186 Å². The van der Waals surface area contributed by atoms with E-state index in [4.69, 9.17) is 0 Å². The molecule has 166 valence electrons. The number of nitrogens with zero attached hydrogens (tertiary/aromatic N) is 3. The molecule has 0 aliphatic heterocycles. The molecule has 3 aromatic rings. The highest BCUT2D eigenvalue weighted by Crippen LogP contribution is 2.33. The number of rotatable bonds is 6. The predicted octanol–water partition coefficient (Wildman–Crippen LogP) is 2.80. The summed E-state index contributed by atoms with van der Waals surface area (Å²) in [7, 11) is -3.27. The van der Waals surface area contributed by atoms with Gasteiger partial charge in [-0.3, -0.25) is 14.3 Å². The number of sulfone groups is 1. The SMILES string of the molecule is CCS(=O)(=O)c1ccc(CC(=O)Nc2ccc3c(n2)CCC(C)(n2cccn2)C3=O)cc1. The maximum Gasteiger partial charge on any atom is 0.229 e. The molecular formula is C23H24N4O4S. The van der Waals surface area contributed by atoms with Crippen LogP contribution in [0, 0.1) is 0 Å². The highest BCUT2D eigenvalue weighted by molar-refractivity contribution is 7.91. The van der Waals surface area contributed by atoms with Gasteiger partial charge in [0.1, 0.15) is 11.4 Å². The third-order valence-corrected chi connectivity index (χ3v) is 7.61. The van der Waals surface area contributed by atoms with E-state index in [1.165, 1.54) is 12.1 Å². The summed E-state index contributed by atoms with van der Waals surface area (Å²) in [6.45, 7) is 3.46. The number of carbonyl (C=O) groups excluding carboxylic acids is 2. The van der Waals surface area contributed by atoms with Crippen LogP contribution < -0.4 is 5.32 Å². The molecule has 0 saturated heterocycles. The van der Waals surface area contributed by atoms with Gasteiger partial charge in [-0.25, -0.2) is 13.4 Å². The van der Waals surface area contributed by atoms with E-state index in [0.717, 1.165) is 0 Å². The fourth-order valence-corrected chi connectivity index (χ4v) is 4.75. The van der Waals surface area contributed by atoms with E-state index < -0.39 is 15.4 Å². The van der Waals surface area contributed by atoms with Crippen molar-refractivity contribution in [1.82, 2.24) is 14.8 Å². The Balaban J connectivity index is 1.45. The van der Waals surface area contributed by atoms with Gasteiger partial charge in [0.15, 0.2) is 15.6 Å². The minimum atomic E-state index is -3.27. The van der Waals surface area contributed by atoms with Crippen LogP contribution in [0.15, 0.2) is 59.8 Å². The van der Waals surface area contributed by atoms with E-state index in [9.17, 15) is 18.0 Å². The zero-order valence-electron chi connectivity index (χ0n) is 17.9. The van der Waals surface area contributed by atoms with E-state index >= 15 is 0 Å². The van der Waals surface area contributed by atoms with Gasteiger partial charge < -0.3 is 5.32 Å². The van der Waals surface area contributed by atoms with Gasteiger partial charge in [-0.05, 0) is 55.7 Å². The quantitative estimate of drug-likeness (QED) is 0.616. The lowest BCUT2D eigenvalue weighted by molar-refractivity contribution is -0.115. The molecule has 0 saturated carbocycles. The van der Waals surface area contributed by atoms with E-state index in [2.05, 4.69) is 15.4 Å². The number of hydrogen-bond donors (Lipinski definition) is 1. The topological polar surface area (TPSA) is 111 Å². The summed E-state index contributed by atoms with van der Waals surface area (Å²) in [5, 5.41) is 7.00. The van der Waals surface area contributed by atoms with Crippen LogP contribution in [0.5, 0.6) is 0 Å². The number of carbonyl (C=O) groups is 2. The molecule has 0 spiro atoms. The van der Waals surface area contributed by atoms with Gasteiger partial charge in [0.25, 0.3) is 0 Å². The number of hydrogen-bond acceptors (Lipinski definition) is 6. The van der Waals surface area contributed by atoms with E-state index in [1.54, 1.807) is 54.3 Å².